The molecule has 138 valence electrons. The van der Waals surface area contributed by atoms with Crippen LogP contribution in [0.1, 0.15) is 31.2 Å². The van der Waals surface area contributed by atoms with E-state index in [1.54, 1.807) is 28.8 Å². The highest BCUT2D eigenvalue weighted by molar-refractivity contribution is 5.54. The van der Waals surface area contributed by atoms with Crippen LogP contribution in [0.3, 0.4) is 0 Å². The highest BCUT2D eigenvalue weighted by atomic mass is 19.1. The summed E-state index contributed by atoms with van der Waals surface area (Å²) in [5, 5.41) is 21.4. The molecule has 0 aliphatic carbocycles. The van der Waals surface area contributed by atoms with E-state index in [2.05, 4.69) is 25.5 Å². The summed E-state index contributed by atoms with van der Waals surface area (Å²) in [4.78, 5) is 9.14. The van der Waals surface area contributed by atoms with E-state index in [1.807, 2.05) is 25.3 Å². The summed E-state index contributed by atoms with van der Waals surface area (Å²) in [6.07, 6.45) is 4.56. The van der Waals surface area contributed by atoms with Crippen LogP contribution >= 0.6 is 0 Å². The van der Waals surface area contributed by atoms with Gasteiger partial charge in [0.15, 0.2) is 5.82 Å². The first-order valence-corrected chi connectivity index (χ1v) is 8.70. The van der Waals surface area contributed by atoms with E-state index >= 15 is 0 Å². The zero-order chi connectivity index (χ0) is 18.9. The molecular formula is C19H19FN6O. The van der Waals surface area contributed by atoms with Crippen molar-refractivity contribution < 1.29 is 9.50 Å². The summed E-state index contributed by atoms with van der Waals surface area (Å²) in [5.74, 6) is 1.04. The van der Waals surface area contributed by atoms with Gasteiger partial charge in [-0.05, 0) is 36.2 Å². The molecule has 0 radical (unpaired) electrons. The van der Waals surface area contributed by atoms with Crippen molar-refractivity contribution in [1.82, 2.24) is 24.6 Å². The number of hydrogen-bond acceptors (Lipinski definition) is 5. The Morgan fingerprint density at radius 2 is 2.00 bits per heavy atom. The van der Waals surface area contributed by atoms with E-state index in [0.29, 0.717) is 35.8 Å². The number of rotatable bonds is 6. The summed E-state index contributed by atoms with van der Waals surface area (Å²) in [6, 6.07) is 11.3. The molecule has 1 atom stereocenters. The molecule has 1 aromatic carbocycles. The van der Waals surface area contributed by atoms with Crippen LogP contribution in [0, 0.1) is 5.82 Å². The molecule has 27 heavy (non-hydrogen) atoms. The Balaban J connectivity index is 1.86. The largest absolute Gasteiger partial charge is 0.377 e. The summed E-state index contributed by atoms with van der Waals surface area (Å²) < 4.78 is 15.1. The third-order valence-electron chi connectivity index (χ3n) is 4.44. The van der Waals surface area contributed by atoms with Crippen LogP contribution < -0.4 is 5.32 Å². The van der Waals surface area contributed by atoms with Crippen molar-refractivity contribution in [3.63, 3.8) is 0 Å². The van der Waals surface area contributed by atoms with Gasteiger partial charge in [0.2, 0.25) is 5.95 Å². The van der Waals surface area contributed by atoms with Crippen molar-refractivity contribution in [3.05, 3.63) is 72.1 Å². The van der Waals surface area contributed by atoms with Gasteiger partial charge in [-0.3, -0.25) is 9.50 Å². The maximum absolute atomic E-state index is 13.4. The molecule has 0 amide bonds. The Bertz CT molecular complexity index is 1040. The number of nitrogens with zero attached hydrogens (tertiary/aromatic N) is 4. The smallest absolute Gasteiger partial charge is 0.216 e. The minimum absolute atomic E-state index is 0.254. The predicted octanol–water partition coefficient (Wildman–Crippen LogP) is 3.37. The van der Waals surface area contributed by atoms with Gasteiger partial charge in [-0.15, -0.1) is 0 Å². The summed E-state index contributed by atoms with van der Waals surface area (Å²) in [6.45, 7) is 1.97. The zero-order valence-electron chi connectivity index (χ0n) is 14.7. The lowest BCUT2D eigenvalue weighted by Crippen LogP contribution is -2.30. The monoisotopic (exact) mass is 366 g/mol. The average Bonchev–Trinajstić information content (AvgIpc) is 3.34. The van der Waals surface area contributed by atoms with Crippen molar-refractivity contribution in [2.24, 2.45) is 0 Å². The second kappa shape index (κ2) is 6.81. The lowest BCUT2D eigenvalue weighted by atomic mass is 9.88. The van der Waals surface area contributed by atoms with Gasteiger partial charge in [0, 0.05) is 12.3 Å². The average molecular weight is 366 g/mol. The highest BCUT2D eigenvalue weighted by Gasteiger charge is 2.35. The van der Waals surface area contributed by atoms with Gasteiger partial charge >= 0.3 is 0 Å². The van der Waals surface area contributed by atoms with E-state index in [-0.39, 0.29) is 11.6 Å². The number of fused-ring (bicyclic) bond motifs is 1. The number of benzene rings is 1. The molecule has 4 rings (SSSR count). The third-order valence-corrected chi connectivity index (χ3v) is 4.44. The standard InChI is InChI=1S/C19H19FN6O/c1-2-10-19(27,13-5-7-14(20)8-6-13)17-23-16-4-3-12-26(16)18(24-17)22-15-9-11-21-25-15/h3-9,11-12,27H,2,10H2,1H3,(H2,21,22,23,24,25). The Kier molecular flexibility index (Phi) is 4.33. The lowest BCUT2D eigenvalue weighted by Gasteiger charge is -2.27. The molecular weight excluding hydrogens is 347 g/mol. The molecule has 7 nitrogen and oxygen atoms in total. The number of halogens is 1. The molecule has 3 N–H and O–H groups in total. The minimum Gasteiger partial charge on any atom is -0.377 e. The van der Waals surface area contributed by atoms with Gasteiger partial charge in [0.1, 0.15) is 22.9 Å². The number of hydrogen-bond donors (Lipinski definition) is 3. The van der Waals surface area contributed by atoms with E-state index in [0.717, 1.165) is 0 Å². The van der Waals surface area contributed by atoms with E-state index in [4.69, 9.17) is 0 Å². The van der Waals surface area contributed by atoms with Crippen LogP contribution in [-0.2, 0) is 5.60 Å². The summed E-state index contributed by atoms with van der Waals surface area (Å²) in [7, 11) is 0. The molecule has 0 aliphatic heterocycles. The molecule has 3 heterocycles. The van der Waals surface area contributed by atoms with Crippen LogP contribution in [0.5, 0.6) is 0 Å². The molecule has 0 fully saturated rings. The van der Waals surface area contributed by atoms with Crippen molar-refractivity contribution in [1.29, 1.82) is 0 Å². The number of aromatic nitrogens is 5. The lowest BCUT2D eigenvalue weighted by molar-refractivity contribution is 0.0609. The van der Waals surface area contributed by atoms with Gasteiger partial charge in [0.25, 0.3) is 0 Å². The Morgan fingerprint density at radius 3 is 2.70 bits per heavy atom. The van der Waals surface area contributed by atoms with Crippen LogP contribution in [0.2, 0.25) is 0 Å². The molecule has 0 saturated carbocycles. The van der Waals surface area contributed by atoms with Crippen LogP contribution in [0.4, 0.5) is 16.2 Å². The number of H-pyrrole nitrogens is 1. The van der Waals surface area contributed by atoms with Crippen LogP contribution in [0.25, 0.3) is 5.65 Å². The quantitative estimate of drug-likeness (QED) is 0.487. The van der Waals surface area contributed by atoms with E-state index in [9.17, 15) is 9.50 Å². The van der Waals surface area contributed by atoms with Crippen molar-refractivity contribution in [3.8, 4) is 0 Å². The minimum atomic E-state index is -1.43. The van der Waals surface area contributed by atoms with E-state index < -0.39 is 5.60 Å². The highest BCUT2D eigenvalue weighted by Crippen LogP contribution is 2.33. The fraction of sp³-hybridized carbons (Fsp3) is 0.211. The molecule has 3 aromatic heterocycles. The Morgan fingerprint density at radius 1 is 1.19 bits per heavy atom. The number of anilines is 2. The zero-order valence-corrected chi connectivity index (χ0v) is 14.7. The normalized spacial score (nSPS) is 13.6. The first-order chi connectivity index (χ1) is 13.1. The number of aromatic amines is 1. The second-order valence-electron chi connectivity index (χ2n) is 6.32. The Hall–Kier alpha value is -3.26. The molecule has 0 bridgehead atoms. The fourth-order valence-corrected chi connectivity index (χ4v) is 3.12. The molecule has 0 aliphatic rings. The summed E-state index contributed by atoms with van der Waals surface area (Å²) in [5.41, 5.74) is -0.244. The van der Waals surface area contributed by atoms with Gasteiger partial charge < -0.3 is 10.4 Å². The first kappa shape index (κ1) is 17.2. The van der Waals surface area contributed by atoms with E-state index in [1.165, 1.54) is 12.1 Å². The SMILES string of the molecule is CCCC(O)(c1ccc(F)cc1)c1nc(Nc2ccn[nH]2)n2cccc2n1. The van der Waals surface area contributed by atoms with Crippen LogP contribution in [-0.4, -0.2) is 29.7 Å². The van der Waals surface area contributed by atoms with Gasteiger partial charge in [-0.2, -0.15) is 10.1 Å². The topological polar surface area (TPSA) is 91.1 Å². The van der Waals surface area contributed by atoms with Gasteiger partial charge in [-0.25, -0.2) is 9.37 Å². The number of nitrogens with one attached hydrogen (secondary N) is 2. The first-order valence-electron chi connectivity index (χ1n) is 8.70. The van der Waals surface area contributed by atoms with Crippen molar-refractivity contribution in [2.45, 2.75) is 25.4 Å². The third kappa shape index (κ3) is 3.15. The molecule has 0 saturated heterocycles. The van der Waals surface area contributed by atoms with Crippen molar-refractivity contribution >= 4 is 17.4 Å². The maximum atomic E-state index is 13.4. The molecule has 1 unspecified atom stereocenters. The Labute approximate surface area is 154 Å². The molecule has 0 spiro atoms. The van der Waals surface area contributed by atoms with Crippen LogP contribution in [0.15, 0.2) is 54.9 Å². The van der Waals surface area contributed by atoms with Crippen molar-refractivity contribution in [2.75, 3.05) is 5.32 Å². The summed E-state index contributed by atoms with van der Waals surface area (Å²) >= 11 is 0. The number of aliphatic hydroxyl groups is 1. The van der Waals surface area contributed by atoms with Gasteiger partial charge in [-0.1, -0.05) is 25.5 Å². The fourth-order valence-electron chi connectivity index (χ4n) is 3.12. The molecule has 8 heteroatoms. The second-order valence-corrected chi connectivity index (χ2v) is 6.32. The predicted molar refractivity (Wildman–Crippen MR) is 99.2 cm³/mol. The maximum Gasteiger partial charge on any atom is 0.216 e. The molecule has 4 aromatic rings. The van der Waals surface area contributed by atoms with Gasteiger partial charge in [0.05, 0.1) is 6.20 Å².